The summed E-state index contributed by atoms with van der Waals surface area (Å²) in [7, 11) is 1.92. The summed E-state index contributed by atoms with van der Waals surface area (Å²) in [6.07, 6.45) is 6.31. The molecule has 0 bridgehead atoms. The van der Waals surface area contributed by atoms with Crippen LogP contribution in [0.25, 0.3) is 0 Å². The monoisotopic (exact) mass is 269 g/mol. The number of hydrogen-bond donors (Lipinski definition) is 2. The van der Waals surface area contributed by atoms with Crippen molar-refractivity contribution in [2.24, 2.45) is 0 Å². The molecule has 0 spiro atoms. The number of ether oxygens (including phenoxy) is 1. The van der Waals surface area contributed by atoms with E-state index in [4.69, 9.17) is 22.1 Å². The van der Waals surface area contributed by atoms with Crippen molar-refractivity contribution >= 4 is 17.4 Å². The average Bonchev–Trinajstić information content (AvgIpc) is 2.40. The van der Waals surface area contributed by atoms with Crippen molar-refractivity contribution in [1.29, 1.82) is 0 Å². The minimum Gasteiger partial charge on any atom is -0.383 e. The lowest BCUT2D eigenvalue weighted by molar-refractivity contribution is 0.00551. The Morgan fingerprint density at radius 2 is 2.44 bits per heavy atom. The van der Waals surface area contributed by atoms with E-state index in [-0.39, 0.29) is 6.04 Å². The van der Waals surface area contributed by atoms with Crippen molar-refractivity contribution in [3.05, 3.63) is 22.8 Å². The van der Waals surface area contributed by atoms with Gasteiger partial charge in [0.05, 0.1) is 11.1 Å². The lowest BCUT2D eigenvalue weighted by Gasteiger charge is -2.27. The third-order valence-electron chi connectivity index (χ3n) is 3.41. The summed E-state index contributed by atoms with van der Waals surface area (Å²) >= 11 is 5.98. The van der Waals surface area contributed by atoms with Gasteiger partial charge >= 0.3 is 0 Å². The van der Waals surface area contributed by atoms with E-state index in [9.17, 15) is 0 Å². The molecule has 0 aliphatic carbocycles. The maximum atomic E-state index is 5.98. The van der Waals surface area contributed by atoms with Crippen LogP contribution in [-0.2, 0) is 4.74 Å². The minimum absolute atomic E-state index is 0.138. The molecule has 2 heterocycles. The van der Waals surface area contributed by atoms with Gasteiger partial charge in [-0.15, -0.1) is 0 Å². The van der Waals surface area contributed by atoms with Crippen LogP contribution >= 0.6 is 11.6 Å². The molecule has 5 heteroatoms. The van der Waals surface area contributed by atoms with Crippen LogP contribution in [0.2, 0.25) is 5.02 Å². The molecule has 1 aromatic heterocycles. The lowest BCUT2D eigenvalue weighted by Crippen LogP contribution is -2.27. The number of nitrogens with zero attached hydrogens (tertiary/aromatic N) is 1. The Balaban J connectivity index is 2.09. The zero-order chi connectivity index (χ0) is 13.0. The van der Waals surface area contributed by atoms with Gasteiger partial charge in [-0.05, 0) is 38.8 Å². The van der Waals surface area contributed by atoms with Gasteiger partial charge in [0.1, 0.15) is 5.82 Å². The van der Waals surface area contributed by atoms with E-state index in [0.717, 1.165) is 25.0 Å². The predicted molar refractivity (Wildman–Crippen MR) is 73.7 cm³/mol. The van der Waals surface area contributed by atoms with Crippen LogP contribution in [-0.4, -0.2) is 24.7 Å². The van der Waals surface area contributed by atoms with Gasteiger partial charge in [0.25, 0.3) is 0 Å². The van der Waals surface area contributed by atoms with Gasteiger partial charge in [-0.25, -0.2) is 4.98 Å². The molecule has 2 unspecified atom stereocenters. The van der Waals surface area contributed by atoms with Gasteiger partial charge in [0.2, 0.25) is 0 Å². The molecule has 1 fully saturated rings. The van der Waals surface area contributed by atoms with Crippen LogP contribution in [0.1, 0.15) is 37.3 Å². The van der Waals surface area contributed by atoms with Crippen LogP contribution < -0.4 is 11.1 Å². The van der Waals surface area contributed by atoms with Crippen molar-refractivity contribution in [2.45, 2.75) is 37.8 Å². The van der Waals surface area contributed by atoms with Crippen molar-refractivity contribution in [1.82, 2.24) is 10.3 Å². The van der Waals surface area contributed by atoms with Gasteiger partial charge in [0.15, 0.2) is 0 Å². The highest BCUT2D eigenvalue weighted by Crippen LogP contribution is 2.28. The number of rotatable bonds is 4. The van der Waals surface area contributed by atoms with Gasteiger partial charge in [-0.3, -0.25) is 0 Å². The van der Waals surface area contributed by atoms with E-state index in [1.807, 2.05) is 13.1 Å². The first kappa shape index (κ1) is 13.6. The normalized spacial score (nSPS) is 21.8. The summed E-state index contributed by atoms with van der Waals surface area (Å²) in [5, 5.41) is 3.89. The molecular formula is C13H20ClN3O. The van der Waals surface area contributed by atoms with Gasteiger partial charge in [-0.2, -0.15) is 0 Å². The Morgan fingerprint density at radius 3 is 3.11 bits per heavy atom. The molecule has 1 saturated heterocycles. The quantitative estimate of drug-likeness (QED) is 0.882. The number of nitrogens with two attached hydrogens (primary N) is 1. The van der Waals surface area contributed by atoms with Crippen molar-refractivity contribution < 1.29 is 4.74 Å². The van der Waals surface area contributed by atoms with Gasteiger partial charge in [-0.1, -0.05) is 11.6 Å². The van der Waals surface area contributed by atoms with E-state index >= 15 is 0 Å². The standard InChI is InChI=1S/C13H20ClN3O/c1-16-12(7-10-4-2-3-5-18-10)11-6-9(14)8-17-13(11)15/h6,8,10,12,16H,2-5,7H2,1H3,(H2,15,17). The third kappa shape index (κ3) is 3.34. The summed E-state index contributed by atoms with van der Waals surface area (Å²) in [4.78, 5) is 4.11. The van der Waals surface area contributed by atoms with Crippen molar-refractivity contribution in [2.75, 3.05) is 19.4 Å². The molecule has 1 aliphatic rings. The Morgan fingerprint density at radius 1 is 1.61 bits per heavy atom. The molecule has 2 rings (SSSR count). The number of anilines is 1. The second kappa shape index (κ2) is 6.36. The Kier molecular flexibility index (Phi) is 4.80. The van der Waals surface area contributed by atoms with Crippen molar-refractivity contribution in [3.8, 4) is 0 Å². The fourth-order valence-corrected chi connectivity index (χ4v) is 2.57. The molecule has 1 aliphatic heterocycles. The molecule has 100 valence electrons. The van der Waals surface area contributed by atoms with Crippen LogP contribution in [0.3, 0.4) is 0 Å². The zero-order valence-corrected chi connectivity index (χ0v) is 11.4. The SMILES string of the molecule is CNC(CC1CCCCO1)c1cc(Cl)cnc1N. The topological polar surface area (TPSA) is 60.2 Å². The number of halogens is 1. The Labute approximate surface area is 113 Å². The first-order valence-electron chi connectivity index (χ1n) is 6.40. The van der Waals surface area contributed by atoms with Crippen molar-refractivity contribution in [3.63, 3.8) is 0 Å². The van der Waals surface area contributed by atoms with E-state index < -0.39 is 0 Å². The molecule has 0 saturated carbocycles. The first-order valence-corrected chi connectivity index (χ1v) is 6.78. The molecule has 0 aromatic carbocycles. The largest absolute Gasteiger partial charge is 0.383 e. The summed E-state index contributed by atoms with van der Waals surface area (Å²) in [6.45, 7) is 0.865. The first-order chi connectivity index (χ1) is 8.70. The number of aromatic nitrogens is 1. The average molecular weight is 270 g/mol. The third-order valence-corrected chi connectivity index (χ3v) is 3.62. The summed E-state index contributed by atoms with van der Waals surface area (Å²) in [5.74, 6) is 0.537. The fraction of sp³-hybridized carbons (Fsp3) is 0.615. The predicted octanol–water partition coefficient (Wildman–Crippen LogP) is 2.54. The zero-order valence-electron chi connectivity index (χ0n) is 10.7. The maximum Gasteiger partial charge on any atom is 0.128 e. The maximum absolute atomic E-state index is 5.98. The Hall–Kier alpha value is -0.840. The molecule has 18 heavy (non-hydrogen) atoms. The number of pyridine rings is 1. The molecule has 1 aromatic rings. The summed E-state index contributed by atoms with van der Waals surface area (Å²) < 4.78 is 5.77. The molecule has 0 amide bonds. The van der Waals surface area contributed by atoms with Gasteiger partial charge in [0, 0.05) is 24.4 Å². The van der Waals surface area contributed by atoms with Crippen LogP contribution in [0.15, 0.2) is 12.3 Å². The van der Waals surface area contributed by atoms with E-state index in [2.05, 4.69) is 10.3 Å². The highest BCUT2D eigenvalue weighted by Gasteiger charge is 2.21. The minimum atomic E-state index is 0.138. The van der Waals surface area contributed by atoms with Gasteiger partial charge < -0.3 is 15.8 Å². The number of nitrogen functional groups attached to an aromatic ring is 1. The highest BCUT2D eigenvalue weighted by atomic mass is 35.5. The lowest BCUT2D eigenvalue weighted by atomic mass is 9.97. The molecular weight excluding hydrogens is 250 g/mol. The van der Waals surface area contributed by atoms with Crippen LogP contribution in [0.4, 0.5) is 5.82 Å². The summed E-state index contributed by atoms with van der Waals surface area (Å²) in [6, 6.07) is 2.02. The molecule has 3 N–H and O–H groups in total. The molecule has 0 radical (unpaired) electrons. The Bertz CT molecular complexity index is 394. The number of nitrogens with one attached hydrogen (secondary N) is 1. The second-order valence-electron chi connectivity index (χ2n) is 4.69. The van der Waals surface area contributed by atoms with Crippen LogP contribution in [0, 0.1) is 0 Å². The smallest absolute Gasteiger partial charge is 0.128 e. The second-order valence-corrected chi connectivity index (χ2v) is 5.13. The fourth-order valence-electron chi connectivity index (χ4n) is 2.40. The van der Waals surface area contributed by atoms with E-state index in [1.165, 1.54) is 12.8 Å². The molecule has 4 nitrogen and oxygen atoms in total. The summed E-state index contributed by atoms with van der Waals surface area (Å²) in [5.41, 5.74) is 6.88. The van der Waals surface area contributed by atoms with E-state index in [0.29, 0.717) is 16.9 Å². The molecule has 2 atom stereocenters. The highest BCUT2D eigenvalue weighted by molar-refractivity contribution is 6.30. The number of hydrogen-bond acceptors (Lipinski definition) is 4. The van der Waals surface area contributed by atoms with Crippen LogP contribution in [0.5, 0.6) is 0 Å². The van der Waals surface area contributed by atoms with E-state index in [1.54, 1.807) is 6.20 Å².